The van der Waals surface area contributed by atoms with Gasteiger partial charge in [-0.3, -0.25) is 4.90 Å². The van der Waals surface area contributed by atoms with Gasteiger partial charge < -0.3 is 10.3 Å². The van der Waals surface area contributed by atoms with Gasteiger partial charge in [0.1, 0.15) is 12.2 Å². The van der Waals surface area contributed by atoms with Crippen LogP contribution in [-0.4, -0.2) is 38.8 Å². The fourth-order valence-electron chi connectivity index (χ4n) is 3.57. The molecule has 1 aliphatic carbocycles. The molecule has 0 bridgehead atoms. The third-order valence-corrected chi connectivity index (χ3v) is 4.94. The highest BCUT2D eigenvalue weighted by molar-refractivity contribution is 4.92. The Hall–Kier alpha value is -0.940. The second kappa shape index (κ2) is 5.59. The van der Waals surface area contributed by atoms with Crippen molar-refractivity contribution in [2.75, 3.05) is 13.1 Å². The summed E-state index contributed by atoms with van der Waals surface area (Å²) in [6.07, 6.45) is 6.97. The first-order chi connectivity index (χ1) is 9.26. The number of nitrogens with two attached hydrogens (primary N) is 1. The molecule has 0 spiro atoms. The highest BCUT2D eigenvalue weighted by Crippen LogP contribution is 2.31. The third kappa shape index (κ3) is 2.82. The van der Waals surface area contributed by atoms with Crippen molar-refractivity contribution in [3.8, 4) is 0 Å². The Morgan fingerprint density at radius 2 is 2.26 bits per heavy atom. The summed E-state index contributed by atoms with van der Waals surface area (Å²) >= 11 is 0. The molecule has 0 amide bonds. The molecule has 3 atom stereocenters. The zero-order valence-electron chi connectivity index (χ0n) is 11.8. The maximum atomic E-state index is 6.33. The fraction of sp³-hybridized carbons (Fsp3) is 0.857. The van der Waals surface area contributed by atoms with Crippen molar-refractivity contribution < 1.29 is 0 Å². The second-order valence-corrected chi connectivity index (χ2v) is 6.19. The zero-order valence-corrected chi connectivity index (χ0v) is 11.8. The van der Waals surface area contributed by atoms with Crippen molar-refractivity contribution in [2.45, 2.75) is 51.7 Å². The Morgan fingerprint density at radius 3 is 3.11 bits per heavy atom. The molecule has 2 aliphatic rings. The number of hydrogen-bond acceptors (Lipinski definition) is 4. The molecular weight excluding hydrogens is 238 g/mol. The molecular formula is C14H25N5. The predicted molar refractivity (Wildman–Crippen MR) is 74.4 cm³/mol. The molecule has 2 heterocycles. The Balaban J connectivity index is 1.59. The molecule has 0 radical (unpaired) electrons. The van der Waals surface area contributed by atoms with E-state index in [1.165, 1.54) is 25.7 Å². The molecule has 2 N–H and O–H groups in total. The molecule has 5 nitrogen and oxygen atoms in total. The van der Waals surface area contributed by atoms with Gasteiger partial charge >= 0.3 is 0 Å². The van der Waals surface area contributed by atoms with Crippen LogP contribution in [0.3, 0.4) is 0 Å². The van der Waals surface area contributed by atoms with E-state index in [4.69, 9.17) is 5.73 Å². The van der Waals surface area contributed by atoms with Crippen LogP contribution in [0.2, 0.25) is 0 Å². The zero-order chi connectivity index (χ0) is 13.2. The Morgan fingerprint density at radius 1 is 1.37 bits per heavy atom. The van der Waals surface area contributed by atoms with Gasteiger partial charge in [-0.05, 0) is 31.1 Å². The van der Waals surface area contributed by atoms with Gasteiger partial charge in [0, 0.05) is 25.7 Å². The van der Waals surface area contributed by atoms with Gasteiger partial charge in [0.25, 0.3) is 0 Å². The van der Waals surface area contributed by atoms with Crippen LogP contribution in [0.25, 0.3) is 0 Å². The summed E-state index contributed by atoms with van der Waals surface area (Å²) < 4.78 is 2.16. The summed E-state index contributed by atoms with van der Waals surface area (Å²) in [5.74, 6) is 2.65. The number of rotatable bonds is 3. The number of hydrogen-bond donors (Lipinski definition) is 1. The van der Waals surface area contributed by atoms with Crippen LogP contribution >= 0.6 is 0 Å². The quantitative estimate of drug-likeness (QED) is 0.891. The molecule has 1 saturated carbocycles. The number of aromatic nitrogens is 3. The van der Waals surface area contributed by atoms with Crippen molar-refractivity contribution in [1.29, 1.82) is 0 Å². The van der Waals surface area contributed by atoms with E-state index < -0.39 is 0 Å². The van der Waals surface area contributed by atoms with Gasteiger partial charge in [0.05, 0.1) is 6.54 Å². The van der Waals surface area contributed by atoms with E-state index in [-0.39, 0.29) is 0 Å². The SMILES string of the molecule is CCC1CCC(N)C(CN2CCn3cnnc3C2)C1. The number of nitrogens with zero attached hydrogens (tertiary/aromatic N) is 4. The lowest BCUT2D eigenvalue weighted by molar-refractivity contribution is 0.131. The van der Waals surface area contributed by atoms with Gasteiger partial charge in [-0.25, -0.2) is 0 Å². The maximum absolute atomic E-state index is 6.33. The van der Waals surface area contributed by atoms with E-state index in [0.29, 0.717) is 12.0 Å². The molecule has 106 valence electrons. The molecule has 0 saturated heterocycles. The van der Waals surface area contributed by atoms with Crippen LogP contribution in [0.5, 0.6) is 0 Å². The van der Waals surface area contributed by atoms with E-state index in [9.17, 15) is 0 Å². The molecule has 1 fully saturated rings. The van der Waals surface area contributed by atoms with Crippen LogP contribution in [0.4, 0.5) is 0 Å². The fourth-order valence-corrected chi connectivity index (χ4v) is 3.57. The van der Waals surface area contributed by atoms with Gasteiger partial charge in [-0.1, -0.05) is 13.3 Å². The van der Waals surface area contributed by atoms with E-state index in [2.05, 4.69) is 26.6 Å². The van der Waals surface area contributed by atoms with Gasteiger partial charge in [0.2, 0.25) is 0 Å². The van der Waals surface area contributed by atoms with Crippen LogP contribution in [0.1, 0.15) is 38.4 Å². The van der Waals surface area contributed by atoms with Crippen molar-refractivity contribution in [1.82, 2.24) is 19.7 Å². The summed E-state index contributed by atoms with van der Waals surface area (Å²) in [5, 5.41) is 8.18. The monoisotopic (exact) mass is 263 g/mol. The minimum Gasteiger partial charge on any atom is -0.327 e. The van der Waals surface area contributed by atoms with Crippen LogP contribution in [0.15, 0.2) is 6.33 Å². The molecule has 1 aromatic rings. The van der Waals surface area contributed by atoms with E-state index >= 15 is 0 Å². The van der Waals surface area contributed by atoms with E-state index in [1.54, 1.807) is 0 Å². The predicted octanol–water partition coefficient (Wildman–Crippen LogP) is 1.25. The summed E-state index contributed by atoms with van der Waals surface area (Å²) in [4.78, 5) is 2.51. The molecule has 19 heavy (non-hydrogen) atoms. The lowest BCUT2D eigenvalue weighted by atomic mass is 9.77. The standard InChI is InChI=1S/C14H25N5/c1-2-11-3-4-13(15)12(7-11)8-18-5-6-19-10-16-17-14(19)9-18/h10-13H,2-9,15H2,1H3. The van der Waals surface area contributed by atoms with Gasteiger partial charge in [-0.15, -0.1) is 10.2 Å². The Labute approximate surface area is 115 Å². The average Bonchev–Trinajstić information content (AvgIpc) is 2.89. The topological polar surface area (TPSA) is 60.0 Å². The lowest BCUT2D eigenvalue weighted by Crippen LogP contribution is -2.45. The van der Waals surface area contributed by atoms with Crippen molar-refractivity contribution in [3.63, 3.8) is 0 Å². The van der Waals surface area contributed by atoms with Crippen molar-refractivity contribution >= 4 is 0 Å². The minimum absolute atomic E-state index is 0.391. The van der Waals surface area contributed by atoms with Gasteiger partial charge in [0.15, 0.2) is 0 Å². The molecule has 5 heteroatoms. The Kier molecular flexibility index (Phi) is 3.84. The first-order valence-electron chi connectivity index (χ1n) is 7.61. The van der Waals surface area contributed by atoms with Crippen LogP contribution in [-0.2, 0) is 13.1 Å². The van der Waals surface area contributed by atoms with Crippen molar-refractivity contribution in [2.24, 2.45) is 17.6 Å². The smallest absolute Gasteiger partial charge is 0.147 e. The third-order valence-electron chi connectivity index (χ3n) is 4.94. The van der Waals surface area contributed by atoms with E-state index in [0.717, 1.165) is 37.9 Å². The summed E-state index contributed by atoms with van der Waals surface area (Å²) in [6.45, 7) is 6.49. The molecule has 1 aliphatic heterocycles. The largest absolute Gasteiger partial charge is 0.327 e. The minimum atomic E-state index is 0.391. The van der Waals surface area contributed by atoms with Crippen LogP contribution in [0, 0.1) is 11.8 Å². The summed E-state index contributed by atoms with van der Waals surface area (Å²) in [6, 6.07) is 0.391. The highest BCUT2D eigenvalue weighted by Gasteiger charge is 2.29. The van der Waals surface area contributed by atoms with Crippen LogP contribution < -0.4 is 5.73 Å². The normalized spacial score (nSPS) is 32.2. The summed E-state index contributed by atoms with van der Waals surface area (Å²) in [7, 11) is 0. The van der Waals surface area contributed by atoms with Crippen molar-refractivity contribution in [3.05, 3.63) is 12.2 Å². The molecule has 3 rings (SSSR count). The maximum Gasteiger partial charge on any atom is 0.147 e. The first kappa shape index (κ1) is 13.1. The van der Waals surface area contributed by atoms with E-state index in [1.807, 2.05) is 6.33 Å². The molecule has 1 aromatic heterocycles. The van der Waals surface area contributed by atoms with Gasteiger partial charge in [-0.2, -0.15) is 0 Å². The average molecular weight is 263 g/mol. The Bertz CT molecular complexity index is 416. The lowest BCUT2D eigenvalue weighted by Gasteiger charge is -2.38. The summed E-state index contributed by atoms with van der Waals surface area (Å²) in [5.41, 5.74) is 6.33. The number of fused-ring (bicyclic) bond motifs is 1. The molecule has 3 unspecified atom stereocenters. The second-order valence-electron chi connectivity index (χ2n) is 6.19. The molecule has 0 aromatic carbocycles. The first-order valence-corrected chi connectivity index (χ1v) is 7.61. The highest BCUT2D eigenvalue weighted by atomic mass is 15.3.